The van der Waals surface area contributed by atoms with Crippen molar-refractivity contribution in [3.63, 3.8) is 0 Å². The molecule has 0 aromatic heterocycles. The molecule has 21 heavy (non-hydrogen) atoms. The van der Waals surface area contributed by atoms with Crippen LogP contribution in [0.5, 0.6) is 0 Å². The van der Waals surface area contributed by atoms with Gasteiger partial charge in [-0.15, -0.1) is 0 Å². The maximum atomic E-state index is 6.30. The molecule has 0 saturated heterocycles. The Bertz CT molecular complexity index is 404. The number of ether oxygens (including phenoxy) is 1. The van der Waals surface area contributed by atoms with Crippen LogP contribution >= 0.6 is 15.9 Å². The van der Waals surface area contributed by atoms with E-state index in [1.54, 1.807) is 0 Å². The Morgan fingerprint density at radius 1 is 1.24 bits per heavy atom. The van der Waals surface area contributed by atoms with Crippen molar-refractivity contribution in [1.29, 1.82) is 0 Å². The average Bonchev–Trinajstić information content (AvgIpc) is 2.53. The van der Waals surface area contributed by atoms with Gasteiger partial charge in [-0.1, -0.05) is 60.3 Å². The van der Waals surface area contributed by atoms with Crippen LogP contribution in [0, 0.1) is 5.92 Å². The third-order valence-corrected chi connectivity index (χ3v) is 4.99. The van der Waals surface area contributed by atoms with Gasteiger partial charge in [-0.3, -0.25) is 0 Å². The van der Waals surface area contributed by atoms with E-state index in [0.717, 1.165) is 36.5 Å². The van der Waals surface area contributed by atoms with Crippen LogP contribution in [0.15, 0.2) is 28.7 Å². The Hall–Kier alpha value is -0.380. The Balaban J connectivity index is 1.93. The molecule has 1 aliphatic carbocycles. The lowest BCUT2D eigenvalue weighted by Crippen LogP contribution is -2.26. The molecule has 1 fully saturated rings. The highest BCUT2D eigenvalue weighted by Gasteiger charge is 2.19. The van der Waals surface area contributed by atoms with E-state index in [0.29, 0.717) is 0 Å². The van der Waals surface area contributed by atoms with Crippen LogP contribution in [0.3, 0.4) is 0 Å². The number of hydrogen-bond donors (Lipinski definition) is 1. The highest BCUT2D eigenvalue weighted by molar-refractivity contribution is 9.10. The van der Waals surface area contributed by atoms with Crippen molar-refractivity contribution in [3.8, 4) is 0 Å². The van der Waals surface area contributed by atoms with Gasteiger partial charge in [0.25, 0.3) is 0 Å². The molecule has 0 spiro atoms. The van der Waals surface area contributed by atoms with Crippen molar-refractivity contribution in [2.75, 3.05) is 19.7 Å². The van der Waals surface area contributed by atoms with E-state index in [-0.39, 0.29) is 6.10 Å². The van der Waals surface area contributed by atoms with Crippen molar-refractivity contribution in [2.45, 2.75) is 51.6 Å². The van der Waals surface area contributed by atoms with Crippen molar-refractivity contribution in [1.82, 2.24) is 5.32 Å². The summed E-state index contributed by atoms with van der Waals surface area (Å²) in [6.07, 6.45) is 8.14. The monoisotopic (exact) mass is 353 g/mol. The van der Waals surface area contributed by atoms with Crippen molar-refractivity contribution in [2.24, 2.45) is 5.92 Å². The first-order valence-electron chi connectivity index (χ1n) is 8.38. The van der Waals surface area contributed by atoms with Gasteiger partial charge in [-0.05, 0) is 43.4 Å². The molecule has 0 radical (unpaired) electrons. The lowest BCUT2D eigenvalue weighted by molar-refractivity contribution is 0.0197. The van der Waals surface area contributed by atoms with Gasteiger partial charge >= 0.3 is 0 Å². The number of nitrogens with one attached hydrogen (secondary N) is 1. The second kappa shape index (κ2) is 9.60. The molecule has 1 N–H and O–H groups in total. The molecule has 0 bridgehead atoms. The molecule has 1 unspecified atom stereocenters. The molecule has 0 heterocycles. The summed E-state index contributed by atoms with van der Waals surface area (Å²) >= 11 is 3.66. The third-order valence-electron chi connectivity index (χ3n) is 4.27. The summed E-state index contributed by atoms with van der Waals surface area (Å²) in [6.45, 7) is 5.04. The SMILES string of the molecule is CCCNCC(OCC1CCCCC1)c1ccccc1Br. The summed E-state index contributed by atoms with van der Waals surface area (Å²) in [7, 11) is 0. The van der Waals surface area contributed by atoms with Gasteiger partial charge in [0.05, 0.1) is 12.7 Å². The summed E-state index contributed by atoms with van der Waals surface area (Å²) in [5, 5.41) is 3.50. The molecular weight excluding hydrogens is 326 g/mol. The topological polar surface area (TPSA) is 21.3 Å². The first kappa shape index (κ1) is 17.0. The minimum absolute atomic E-state index is 0.147. The lowest BCUT2D eigenvalue weighted by Gasteiger charge is -2.26. The van der Waals surface area contributed by atoms with Crippen molar-refractivity contribution >= 4 is 15.9 Å². The zero-order chi connectivity index (χ0) is 14.9. The third kappa shape index (κ3) is 5.72. The Kier molecular flexibility index (Phi) is 7.76. The van der Waals surface area contributed by atoms with Crippen LogP contribution in [-0.2, 0) is 4.74 Å². The zero-order valence-electron chi connectivity index (χ0n) is 13.1. The van der Waals surface area contributed by atoms with Gasteiger partial charge in [0.2, 0.25) is 0 Å². The fraction of sp³-hybridized carbons (Fsp3) is 0.667. The van der Waals surface area contributed by atoms with E-state index in [1.807, 2.05) is 0 Å². The molecule has 118 valence electrons. The molecule has 1 aromatic carbocycles. The van der Waals surface area contributed by atoms with Crippen molar-refractivity contribution in [3.05, 3.63) is 34.3 Å². The van der Waals surface area contributed by atoms with Crippen molar-refractivity contribution < 1.29 is 4.74 Å². The summed E-state index contributed by atoms with van der Waals surface area (Å²) in [5.74, 6) is 0.759. The van der Waals surface area contributed by atoms with Gasteiger partial charge in [-0.2, -0.15) is 0 Å². The molecule has 0 amide bonds. The van der Waals surface area contributed by atoms with E-state index in [2.05, 4.69) is 52.4 Å². The molecule has 1 atom stereocenters. The van der Waals surface area contributed by atoms with Crippen LogP contribution in [0.4, 0.5) is 0 Å². The van der Waals surface area contributed by atoms with Crippen LogP contribution in [0.25, 0.3) is 0 Å². The summed E-state index contributed by atoms with van der Waals surface area (Å²) in [4.78, 5) is 0. The first-order valence-corrected chi connectivity index (χ1v) is 9.17. The summed E-state index contributed by atoms with van der Waals surface area (Å²) in [6, 6.07) is 8.43. The Morgan fingerprint density at radius 2 is 2.00 bits per heavy atom. The van der Waals surface area contributed by atoms with Gasteiger partial charge in [0.1, 0.15) is 0 Å². The fourth-order valence-electron chi connectivity index (χ4n) is 3.01. The average molecular weight is 354 g/mol. The molecule has 1 aromatic rings. The normalized spacial score (nSPS) is 17.8. The van der Waals surface area contributed by atoms with Gasteiger partial charge in [-0.25, -0.2) is 0 Å². The Morgan fingerprint density at radius 3 is 2.71 bits per heavy atom. The summed E-state index contributed by atoms with van der Waals surface area (Å²) in [5.41, 5.74) is 1.26. The molecule has 1 saturated carbocycles. The number of halogens is 1. The smallest absolute Gasteiger partial charge is 0.0960 e. The standard InChI is InChI=1S/C18H28BrNO/c1-2-12-20-13-18(16-10-6-7-11-17(16)19)21-14-15-8-4-3-5-9-15/h6-7,10-11,15,18,20H,2-5,8-9,12-14H2,1H3. The lowest BCUT2D eigenvalue weighted by atomic mass is 9.90. The second-order valence-corrected chi connectivity index (χ2v) is 6.91. The maximum absolute atomic E-state index is 6.30. The highest BCUT2D eigenvalue weighted by Crippen LogP contribution is 2.29. The van der Waals surface area contributed by atoms with E-state index in [1.165, 1.54) is 37.7 Å². The second-order valence-electron chi connectivity index (χ2n) is 6.05. The molecule has 0 aliphatic heterocycles. The fourth-order valence-corrected chi connectivity index (χ4v) is 3.55. The number of benzene rings is 1. The molecule has 1 aliphatic rings. The zero-order valence-corrected chi connectivity index (χ0v) is 14.7. The maximum Gasteiger partial charge on any atom is 0.0960 e. The van der Waals surface area contributed by atoms with Gasteiger partial charge in [0.15, 0.2) is 0 Å². The van der Waals surface area contributed by atoms with E-state index in [4.69, 9.17) is 4.74 Å². The predicted octanol–water partition coefficient (Wildman–Crippen LogP) is 5.09. The molecule has 3 heteroatoms. The Labute approximate surface area is 137 Å². The van der Waals surface area contributed by atoms with E-state index >= 15 is 0 Å². The predicted molar refractivity (Wildman–Crippen MR) is 92.6 cm³/mol. The van der Waals surface area contributed by atoms with Crippen LogP contribution in [0.1, 0.15) is 57.1 Å². The minimum atomic E-state index is 0.147. The minimum Gasteiger partial charge on any atom is -0.372 e. The molecule has 2 rings (SSSR count). The van der Waals surface area contributed by atoms with Gasteiger partial charge < -0.3 is 10.1 Å². The number of rotatable bonds is 8. The van der Waals surface area contributed by atoms with Gasteiger partial charge in [0, 0.05) is 11.0 Å². The van der Waals surface area contributed by atoms with E-state index < -0.39 is 0 Å². The first-order chi connectivity index (χ1) is 10.3. The molecular formula is C18H28BrNO. The largest absolute Gasteiger partial charge is 0.372 e. The van der Waals surface area contributed by atoms with Crippen LogP contribution < -0.4 is 5.32 Å². The summed E-state index contributed by atoms with van der Waals surface area (Å²) < 4.78 is 7.45. The number of hydrogen-bond acceptors (Lipinski definition) is 2. The quantitative estimate of drug-likeness (QED) is 0.657. The highest BCUT2D eigenvalue weighted by atomic mass is 79.9. The van der Waals surface area contributed by atoms with Crippen LogP contribution in [-0.4, -0.2) is 19.7 Å². The molecule has 2 nitrogen and oxygen atoms in total. The van der Waals surface area contributed by atoms with Crippen LogP contribution in [0.2, 0.25) is 0 Å². The van der Waals surface area contributed by atoms with E-state index in [9.17, 15) is 0 Å².